The summed E-state index contributed by atoms with van der Waals surface area (Å²) in [6, 6.07) is 3.49. The van der Waals surface area contributed by atoms with Gasteiger partial charge in [-0.3, -0.25) is 9.69 Å². The zero-order valence-electron chi connectivity index (χ0n) is 13.6. The molecule has 0 saturated carbocycles. The zero-order chi connectivity index (χ0) is 17.1. The second-order valence-corrected chi connectivity index (χ2v) is 7.59. The second-order valence-electron chi connectivity index (χ2n) is 6.34. The molecule has 1 aromatic carbocycles. The maximum atomic E-state index is 12.4. The fraction of sp³-hybridized carbons (Fsp3) is 0.562. The highest BCUT2D eigenvalue weighted by molar-refractivity contribution is 6.42. The summed E-state index contributed by atoms with van der Waals surface area (Å²) < 4.78 is 0. The Labute approximate surface area is 152 Å². The predicted octanol–water partition coefficient (Wildman–Crippen LogP) is 3.86. The number of likely N-dealkylation sites (N-methyl/N-ethyl adjacent to an activating group) is 1. The van der Waals surface area contributed by atoms with E-state index in [0.29, 0.717) is 39.3 Å². The van der Waals surface area contributed by atoms with Gasteiger partial charge in [0.15, 0.2) is 0 Å². The highest BCUT2D eigenvalue weighted by Gasteiger charge is 2.29. The first-order valence-electron chi connectivity index (χ1n) is 7.65. The van der Waals surface area contributed by atoms with Gasteiger partial charge in [0.1, 0.15) is 0 Å². The molecule has 0 spiro atoms. The molecule has 1 amide bonds. The van der Waals surface area contributed by atoms with Crippen LogP contribution in [0.1, 0.15) is 13.8 Å². The van der Waals surface area contributed by atoms with E-state index < -0.39 is 0 Å². The lowest BCUT2D eigenvalue weighted by Crippen LogP contribution is -2.55. The van der Waals surface area contributed by atoms with E-state index in [1.807, 2.05) is 0 Å². The molecule has 1 saturated heterocycles. The van der Waals surface area contributed by atoms with Crippen LogP contribution in [0, 0.1) is 5.92 Å². The third-order valence-corrected chi connectivity index (χ3v) is 4.94. The van der Waals surface area contributed by atoms with Gasteiger partial charge >= 0.3 is 0 Å². The second kappa shape index (κ2) is 8.04. The molecular weight excluding hydrogens is 357 g/mol. The van der Waals surface area contributed by atoms with Gasteiger partial charge in [-0.15, -0.1) is 0 Å². The van der Waals surface area contributed by atoms with Gasteiger partial charge < -0.3 is 10.2 Å². The lowest BCUT2D eigenvalue weighted by Gasteiger charge is -2.41. The van der Waals surface area contributed by atoms with Gasteiger partial charge in [0, 0.05) is 30.7 Å². The fourth-order valence-electron chi connectivity index (χ4n) is 2.84. The Bertz CT molecular complexity index is 557. The van der Waals surface area contributed by atoms with Crippen LogP contribution >= 0.6 is 34.8 Å². The maximum Gasteiger partial charge on any atom is 0.238 e. The lowest BCUT2D eigenvalue weighted by molar-refractivity contribution is -0.118. The number of piperazine rings is 1. The molecule has 1 fully saturated rings. The smallest absolute Gasteiger partial charge is 0.238 e. The van der Waals surface area contributed by atoms with Crippen LogP contribution < -0.4 is 5.32 Å². The molecule has 0 aromatic heterocycles. The summed E-state index contributed by atoms with van der Waals surface area (Å²) >= 11 is 18.1. The Hall–Kier alpha value is -0.520. The number of hydrogen-bond acceptors (Lipinski definition) is 3. The molecule has 7 heteroatoms. The molecule has 1 aliphatic rings. The number of anilines is 1. The fourth-order valence-corrected chi connectivity index (χ4v) is 3.76. The van der Waals surface area contributed by atoms with E-state index in [4.69, 9.17) is 34.8 Å². The molecule has 128 valence electrons. The van der Waals surface area contributed by atoms with Crippen molar-refractivity contribution in [1.82, 2.24) is 9.80 Å². The summed E-state index contributed by atoms with van der Waals surface area (Å²) in [6.07, 6.45) is 0. The van der Waals surface area contributed by atoms with Crippen molar-refractivity contribution in [1.29, 1.82) is 0 Å². The van der Waals surface area contributed by atoms with Crippen LogP contribution in [0.2, 0.25) is 15.1 Å². The molecule has 0 bridgehead atoms. The Balaban J connectivity index is 2.04. The van der Waals surface area contributed by atoms with Gasteiger partial charge in [-0.1, -0.05) is 48.7 Å². The quantitative estimate of drug-likeness (QED) is 0.864. The molecule has 0 aliphatic carbocycles. The van der Waals surface area contributed by atoms with E-state index >= 15 is 0 Å². The van der Waals surface area contributed by atoms with Crippen molar-refractivity contribution in [2.24, 2.45) is 5.92 Å². The van der Waals surface area contributed by atoms with Crippen LogP contribution in [0.5, 0.6) is 0 Å². The minimum Gasteiger partial charge on any atom is -0.322 e. The number of nitrogens with one attached hydrogen (secondary N) is 1. The topological polar surface area (TPSA) is 35.6 Å². The summed E-state index contributed by atoms with van der Waals surface area (Å²) in [5.41, 5.74) is 0.415. The van der Waals surface area contributed by atoms with Crippen molar-refractivity contribution in [3.63, 3.8) is 0 Å². The molecule has 1 heterocycles. The minimum absolute atomic E-state index is 0.119. The standard InChI is InChI=1S/C16H22Cl3N3O/c1-10(2)14-8-21(3)4-5-22(14)9-15(23)20-16-12(18)6-11(17)7-13(16)19/h6-7,10,14H,4-5,8-9H2,1-3H3,(H,20,23)/t14-/m0/s1. The normalized spacial score (nSPS) is 20.0. The largest absolute Gasteiger partial charge is 0.322 e. The molecule has 23 heavy (non-hydrogen) atoms. The van der Waals surface area contributed by atoms with E-state index in [1.54, 1.807) is 12.1 Å². The number of carbonyl (C=O) groups is 1. The van der Waals surface area contributed by atoms with Crippen LogP contribution in [-0.4, -0.2) is 55.0 Å². The summed E-state index contributed by atoms with van der Waals surface area (Å²) in [5.74, 6) is 0.361. The Morgan fingerprint density at radius 2 is 1.87 bits per heavy atom. The maximum absolute atomic E-state index is 12.4. The average molecular weight is 379 g/mol. The van der Waals surface area contributed by atoms with E-state index in [0.717, 1.165) is 19.6 Å². The van der Waals surface area contributed by atoms with Crippen molar-refractivity contribution in [2.45, 2.75) is 19.9 Å². The first kappa shape index (κ1) is 18.8. The van der Waals surface area contributed by atoms with Crippen LogP contribution in [-0.2, 0) is 4.79 Å². The molecule has 1 atom stereocenters. The molecular formula is C16H22Cl3N3O. The highest BCUT2D eigenvalue weighted by Crippen LogP contribution is 2.33. The molecule has 0 radical (unpaired) electrons. The Kier molecular flexibility index (Phi) is 6.57. The van der Waals surface area contributed by atoms with Gasteiger partial charge in [0.05, 0.1) is 22.3 Å². The van der Waals surface area contributed by atoms with E-state index in [-0.39, 0.29) is 5.91 Å². The van der Waals surface area contributed by atoms with Gasteiger partial charge in [-0.05, 0) is 25.1 Å². The lowest BCUT2D eigenvalue weighted by atomic mass is 10.00. The number of rotatable bonds is 4. The van der Waals surface area contributed by atoms with Crippen LogP contribution in [0.25, 0.3) is 0 Å². The van der Waals surface area contributed by atoms with E-state index in [1.165, 1.54) is 0 Å². The Morgan fingerprint density at radius 3 is 2.43 bits per heavy atom. The number of halogens is 3. The van der Waals surface area contributed by atoms with Gasteiger partial charge in [-0.2, -0.15) is 0 Å². The summed E-state index contributed by atoms with van der Waals surface area (Å²) in [5, 5.41) is 3.93. The van der Waals surface area contributed by atoms with Gasteiger partial charge in [0.2, 0.25) is 5.91 Å². The van der Waals surface area contributed by atoms with Crippen molar-refractivity contribution < 1.29 is 4.79 Å². The third kappa shape index (κ3) is 4.97. The molecule has 1 N–H and O–H groups in total. The predicted molar refractivity (Wildman–Crippen MR) is 97.8 cm³/mol. The number of hydrogen-bond donors (Lipinski definition) is 1. The highest BCUT2D eigenvalue weighted by atomic mass is 35.5. The van der Waals surface area contributed by atoms with Crippen molar-refractivity contribution in [3.8, 4) is 0 Å². The molecule has 1 aromatic rings. The number of amides is 1. The average Bonchev–Trinajstić information content (AvgIpc) is 2.44. The van der Waals surface area contributed by atoms with Crippen LogP contribution in [0.15, 0.2) is 12.1 Å². The SMILES string of the molecule is CC(C)[C@@H]1CN(C)CCN1CC(=O)Nc1c(Cl)cc(Cl)cc1Cl. The summed E-state index contributed by atoms with van der Waals surface area (Å²) in [7, 11) is 2.11. The minimum atomic E-state index is -0.119. The van der Waals surface area contributed by atoms with Crippen molar-refractivity contribution >= 4 is 46.4 Å². The summed E-state index contributed by atoms with van der Waals surface area (Å²) in [6.45, 7) is 7.48. The van der Waals surface area contributed by atoms with E-state index in [9.17, 15) is 4.79 Å². The number of carbonyl (C=O) groups excluding carboxylic acids is 1. The first-order valence-corrected chi connectivity index (χ1v) is 8.78. The first-order chi connectivity index (χ1) is 10.8. The molecule has 0 unspecified atom stereocenters. The molecule has 4 nitrogen and oxygen atoms in total. The van der Waals surface area contributed by atoms with Gasteiger partial charge in [0.25, 0.3) is 0 Å². The van der Waals surface area contributed by atoms with Gasteiger partial charge in [-0.25, -0.2) is 0 Å². The van der Waals surface area contributed by atoms with Crippen LogP contribution in [0.3, 0.4) is 0 Å². The van der Waals surface area contributed by atoms with Crippen molar-refractivity contribution in [3.05, 3.63) is 27.2 Å². The summed E-state index contributed by atoms with van der Waals surface area (Å²) in [4.78, 5) is 16.9. The van der Waals surface area contributed by atoms with E-state index in [2.05, 4.69) is 36.0 Å². The Morgan fingerprint density at radius 1 is 1.26 bits per heavy atom. The molecule has 1 aliphatic heterocycles. The number of benzene rings is 1. The third-order valence-electron chi connectivity index (χ3n) is 4.12. The monoisotopic (exact) mass is 377 g/mol. The number of nitrogens with zero attached hydrogens (tertiary/aromatic N) is 2. The van der Waals surface area contributed by atoms with Crippen molar-refractivity contribution in [2.75, 3.05) is 38.5 Å². The zero-order valence-corrected chi connectivity index (χ0v) is 15.8. The molecule has 2 rings (SSSR count). The van der Waals surface area contributed by atoms with Crippen LogP contribution in [0.4, 0.5) is 5.69 Å².